The number of benzene rings is 1. The number of halogens is 1. The van der Waals surface area contributed by atoms with Crippen LogP contribution in [-0.2, 0) is 18.4 Å². The van der Waals surface area contributed by atoms with Gasteiger partial charge in [-0.3, -0.25) is 18.7 Å². The van der Waals surface area contributed by atoms with Gasteiger partial charge in [0.15, 0.2) is 0 Å². The van der Waals surface area contributed by atoms with Crippen molar-refractivity contribution in [3.05, 3.63) is 61.9 Å². The second-order valence-electron chi connectivity index (χ2n) is 4.64. The van der Waals surface area contributed by atoms with Crippen LogP contribution in [0.1, 0.15) is 5.56 Å². The van der Waals surface area contributed by atoms with E-state index in [2.05, 4.69) is 5.32 Å². The first-order chi connectivity index (χ1) is 9.88. The summed E-state index contributed by atoms with van der Waals surface area (Å²) in [6, 6.07) is 6.38. The summed E-state index contributed by atoms with van der Waals surface area (Å²) in [5.74, 6) is -0.379. The third kappa shape index (κ3) is 3.41. The summed E-state index contributed by atoms with van der Waals surface area (Å²) in [6.07, 6.45) is 1.30. The highest BCUT2D eigenvalue weighted by molar-refractivity contribution is 6.31. The van der Waals surface area contributed by atoms with Gasteiger partial charge in [-0.1, -0.05) is 17.7 Å². The summed E-state index contributed by atoms with van der Waals surface area (Å²) < 4.78 is 2.10. The van der Waals surface area contributed by atoms with Crippen molar-refractivity contribution >= 4 is 23.2 Å². The lowest BCUT2D eigenvalue weighted by atomic mass is 10.2. The molecule has 1 heterocycles. The van der Waals surface area contributed by atoms with E-state index in [4.69, 9.17) is 11.6 Å². The van der Waals surface area contributed by atoms with Crippen LogP contribution in [-0.4, -0.2) is 15.0 Å². The minimum atomic E-state index is -0.542. The van der Waals surface area contributed by atoms with E-state index in [9.17, 15) is 14.4 Å². The molecule has 0 unspecified atom stereocenters. The Labute approximate surface area is 125 Å². The Balaban J connectivity index is 2.15. The minimum absolute atomic E-state index is 0.182. The topological polar surface area (TPSA) is 73.1 Å². The third-order valence-corrected chi connectivity index (χ3v) is 3.44. The summed E-state index contributed by atoms with van der Waals surface area (Å²) in [5.41, 5.74) is 0.499. The second-order valence-corrected chi connectivity index (χ2v) is 5.04. The maximum Gasteiger partial charge on any atom is 0.331 e. The Kier molecular flexibility index (Phi) is 4.28. The van der Waals surface area contributed by atoms with Gasteiger partial charge in [-0.25, -0.2) is 4.79 Å². The highest BCUT2D eigenvalue weighted by Gasteiger charge is 2.08. The number of rotatable bonds is 3. The van der Waals surface area contributed by atoms with Gasteiger partial charge in [0.05, 0.1) is 0 Å². The van der Waals surface area contributed by atoms with E-state index in [1.165, 1.54) is 19.3 Å². The molecule has 0 saturated carbocycles. The van der Waals surface area contributed by atoms with E-state index in [1.54, 1.807) is 18.2 Å². The predicted octanol–water partition coefficient (Wildman–Crippen LogP) is 1.15. The summed E-state index contributed by atoms with van der Waals surface area (Å²) >= 11 is 5.98. The Morgan fingerprint density at radius 2 is 2.00 bits per heavy atom. The van der Waals surface area contributed by atoms with Gasteiger partial charge in [0, 0.05) is 30.0 Å². The molecule has 110 valence electrons. The lowest BCUT2D eigenvalue weighted by Gasteiger charge is -2.09. The largest absolute Gasteiger partial charge is 0.331 e. The van der Waals surface area contributed by atoms with Crippen LogP contribution in [0.4, 0.5) is 5.69 Å². The van der Waals surface area contributed by atoms with Crippen molar-refractivity contribution in [1.82, 2.24) is 9.13 Å². The van der Waals surface area contributed by atoms with Crippen LogP contribution in [0.5, 0.6) is 0 Å². The van der Waals surface area contributed by atoms with Gasteiger partial charge in [0.2, 0.25) is 5.91 Å². The molecule has 6 nitrogen and oxygen atoms in total. The Bertz CT molecular complexity index is 808. The van der Waals surface area contributed by atoms with E-state index >= 15 is 0 Å². The number of aryl methyl sites for hydroxylation is 1. The van der Waals surface area contributed by atoms with Gasteiger partial charge in [-0.15, -0.1) is 0 Å². The lowest BCUT2D eigenvalue weighted by molar-refractivity contribution is -0.116. The molecule has 0 spiro atoms. The highest BCUT2D eigenvalue weighted by Crippen LogP contribution is 2.19. The molecule has 0 aliphatic carbocycles. The van der Waals surface area contributed by atoms with Crippen molar-refractivity contribution in [2.24, 2.45) is 7.05 Å². The van der Waals surface area contributed by atoms with Gasteiger partial charge >= 0.3 is 5.69 Å². The predicted molar refractivity (Wildman–Crippen MR) is 80.8 cm³/mol. The van der Waals surface area contributed by atoms with Crippen LogP contribution < -0.4 is 16.6 Å². The van der Waals surface area contributed by atoms with Crippen molar-refractivity contribution < 1.29 is 4.79 Å². The van der Waals surface area contributed by atoms with Gasteiger partial charge in [0.25, 0.3) is 5.56 Å². The summed E-state index contributed by atoms with van der Waals surface area (Å²) in [4.78, 5) is 35.0. The van der Waals surface area contributed by atoms with Gasteiger partial charge in [0.1, 0.15) is 6.54 Å². The Morgan fingerprint density at radius 1 is 1.29 bits per heavy atom. The average Bonchev–Trinajstić information content (AvgIpc) is 2.44. The Hall–Kier alpha value is -2.34. The molecule has 7 heteroatoms. The van der Waals surface area contributed by atoms with E-state index < -0.39 is 11.2 Å². The molecular weight excluding hydrogens is 294 g/mol. The van der Waals surface area contributed by atoms with Gasteiger partial charge < -0.3 is 5.32 Å². The molecule has 1 amide bonds. The monoisotopic (exact) mass is 307 g/mol. The first-order valence-corrected chi connectivity index (χ1v) is 6.59. The fraction of sp³-hybridized carbons (Fsp3) is 0.214. The maximum atomic E-state index is 11.9. The normalized spacial score (nSPS) is 10.4. The van der Waals surface area contributed by atoms with Gasteiger partial charge in [-0.05, 0) is 24.6 Å². The molecule has 0 aliphatic rings. The summed E-state index contributed by atoms with van der Waals surface area (Å²) in [7, 11) is 1.36. The summed E-state index contributed by atoms with van der Waals surface area (Å²) in [6.45, 7) is 1.68. The lowest BCUT2D eigenvalue weighted by Crippen LogP contribution is -2.38. The molecule has 0 radical (unpaired) electrons. The first kappa shape index (κ1) is 15.1. The van der Waals surface area contributed by atoms with Crippen molar-refractivity contribution in [3.63, 3.8) is 0 Å². The first-order valence-electron chi connectivity index (χ1n) is 6.21. The molecule has 1 aromatic carbocycles. The molecule has 0 atom stereocenters. The van der Waals surface area contributed by atoms with E-state index in [0.29, 0.717) is 10.7 Å². The van der Waals surface area contributed by atoms with Crippen molar-refractivity contribution in [3.8, 4) is 0 Å². The zero-order valence-corrected chi connectivity index (χ0v) is 12.3. The highest BCUT2D eigenvalue weighted by atomic mass is 35.5. The molecular formula is C14H14ClN3O3. The van der Waals surface area contributed by atoms with Crippen LogP contribution in [0.25, 0.3) is 0 Å². The van der Waals surface area contributed by atoms with E-state index in [-0.39, 0.29) is 12.5 Å². The maximum absolute atomic E-state index is 11.9. The average molecular weight is 308 g/mol. The second kappa shape index (κ2) is 5.97. The van der Waals surface area contributed by atoms with Crippen LogP contribution in [0.3, 0.4) is 0 Å². The van der Waals surface area contributed by atoms with Crippen LogP contribution in [0.15, 0.2) is 40.1 Å². The number of carbonyl (C=O) groups is 1. The molecule has 0 fully saturated rings. The number of carbonyl (C=O) groups excluding carboxylic acids is 1. The molecule has 2 aromatic rings. The molecule has 1 N–H and O–H groups in total. The quantitative estimate of drug-likeness (QED) is 0.924. The minimum Gasteiger partial charge on any atom is -0.324 e. The number of nitrogens with one attached hydrogen (secondary N) is 1. The number of hydrogen-bond acceptors (Lipinski definition) is 3. The molecule has 2 rings (SSSR count). The zero-order valence-electron chi connectivity index (χ0n) is 11.6. The zero-order chi connectivity index (χ0) is 15.6. The molecule has 1 aromatic heterocycles. The van der Waals surface area contributed by atoms with E-state index in [1.807, 2.05) is 6.92 Å². The van der Waals surface area contributed by atoms with E-state index in [0.717, 1.165) is 14.7 Å². The number of hydrogen-bond donors (Lipinski definition) is 1. The smallest absolute Gasteiger partial charge is 0.324 e. The number of amides is 1. The fourth-order valence-corrected chi connectivity index (χ4v) is 1.94. The number of aromatic nitrogens is 2. The number of nitrogens with zero attached hydrogens (tertiary/aromatic N) is 2. The van der Waals surface area contributed by atoms with Crippen molar-refractivity contribution in [2.45, 2.75) is 13.5 Å². The molecule has 0 bridgehead atoms. The van der Waals surface area contributed by atoms with Crippen LogP contribution in [0, 0.1) is 6.92 Å². The van der Waals surface area contributed by atoms with Crippen LogP contribution in [0.2, 0.25) is 5.02 Å². The van der Waals surface area contributed by atoms with Crippen molar-refractivity contribution in [2.75, 3.05) is 5.32 Å². The molecule has 0 aliphatic heterocycles. The SMILES string of the molecule is Cc1ccc(NC(=O)Cn2ccc(=O)n(C)c2=O)cc1Cl. The van der Waals surface area contributed by atoms with Crippen LogP contribution >= 0.6 is 11.6 Å². The Morgan fingerprint density at radius 3 is 2.67 bits per heavy atom. The molecule has 21 heavy (non-hydrogen) atoms. The fourth-order valence-electron chi connectivity index (χ4n) is 1.76. The third-order valence-electron chi connectivity index (χ3n) is 3.03. The molecule has 0 saturated heterocycles. The standard InChI is InChI=1S/C14H14ClN3O3/c1-9-3-4-10(7-11(9)15)16-12(19)8-18-6-5-13(20)17(2)14(18)21/h3-7H,8H2,1-2H3,(H,16,19). The number of anilines is 1. The van der Waals surface area contributed by atoms with Gasteiger partial charge in [-0.2, -0.15) is 0 Å². The van der Waals surface area contributed by atoms with Crippen molar-refractivity contribution in [1.29, 1.82) is 0 Å². The summed E-state index contributed by atoms with van der Waals surface area (Å²) in [5, 5.41) is 3.20.